The van der Waals surface area contributed by atoms with Gasteiger partial charge in [0.2, 0.25) is 0 Å². The maximum atomic E-state index is 12.7. The highest BCUT2D eigenvalue weighted by Gasteiger charge is 2.30. The predicted molar refractivity (Wildman–Crippen MR) is 67.8 cm³/mol. The van der Waals surface area contributed by atoms with Crippen LogP contribution >= 0.6 is 0 Å². The third-order valence-corrected chi connectivity index (χ3v) is 2.78. The average molecular weight is 283 g/mol. The molecular weight excluding hydrogens is 271 g/mol. The summed E-state index contributed by atoms with van der Waals surface area (Å²) in [5, 5.41) is 3.97. The molecule has 4 nitrogen and oxygen atoms in total. The fourth-order valence-electron chi connectivity index (χ4n) is 1.82. The predicted octanol–water partition coefficient (Wildman–Crippen LogP) is 2.55. The Morgan fingerprint density at radius 1 is 1.40 bits per heavy atom. The maximum absolute atomic E-state index is 12.7. The third-order valence-electron chi connectivity index (χ3n) is 2.78. The van der Waals surface area contributed by atoms with Gasteiger partial charge in [0.15, 0.2) is 0 Å². The Labute approximate surface area is 112 Å². The number of rotatable bonds is 3. The van der Waals surface area contributed by atoms with Gasteiger partial charge < -0.3 is 0 Å². The first-order valence-electron chi connectivity index (χ1n) is 5.79. The summed E-state index contributed by atoms with van der Waals surface area (Å²) in [6.07, 6.45) is -2.94. The van der Waals surface area contributed by atoms with Crippen molar-refractivity contribution in [2.75, 3.05) is 0 Å². The van der Waals surface area contributed by atoms with E-state index in [1.54, 1.807) is 6.92 Å². The van der Waals surface area contributed by atoms with E-state index in [1.807, 2.05) is 0 Å². The number of allylic oxidation sites excluding steroid dienone is 1. The van der Waals surface area contributed by atoms with E-state index < -0.39 is 17.4 Å². The van der Waals surface area contributed by atoms with Crippen LogP contribution in [0.4, 0.5) is 13.2 Å². The molecule has 1 heterocycles. The molecule has 7 heteroatoms. The van der Waals surface area contributed by atoms with Crippen molar-refractivity contribution >= 4 is 0 Å². The quantitative estimate of drug-likeness (QED) is 0.812. The smallest absolute Gasteiger partial charge is 0.275 e. The van der Waals surface area contributed by atoms with Crippen LogP contribution in [0.2, 0.25) is 0 Å². The molecule has 0 atom stereocenters. The molecule has 106 valence electrons. The van der Waals surface area contributed by atoms with Crippen LogP contribution in [-0.2, 0) is 12.7 Å². The van der Waals surface area contributed by atoms with Gasteiger partial charge in [0, 0.05) is 6.54 Å². The zero-order valence-corrected chi connectivity index (χ0v) is 10.7. The zero-order chi connectivity index (χ0) is 14.9. The second-order valence-corrected chi connectivity index (χ2v) is 4.19. The number of hydrogen-bond donors (Lipinski definition) is 0. The van der Waals surface area contributed by atoms with Crippen LogP contribution in [0.3, 0.4) is 0 Å². The van der Waals surface area contributed by atoms with Crippen LogP contribution < -0.4 is 5.69 Å². The number of hydrogen-bond acceptors (Lipinski definition) is 2. The van der Waals surface area contributed by atoms with Crippen LogP contribution in [-0.4, -0.2) is 14.3 Å². The minimum Gasteiger partial charge on any atom is -0.275 e. The highest BCUT2D eigenvalue weighted by atomic mass is 19.4. The number of aromatic nitrogens is 3. The lowest BCUT2D eigenvalue weighted by atomic mass is 10.2. The first kappa shape index (κ1) is 14.1. The van der Waals surface area contributed by atoms with Gasteiger partial charge in [-0.3, -0.25) is 4.57 Å². The lowest BCUT2D eigenvalue weighted by Gasteiger charge is -2.07. The van der Waals surface area contributed by atoms with Gasteiger partial charge in [-0.1, -0.05) is 12.1 Å². The van der Waals surface area contributed by atoms with E-state index in [0.29, 0.717) is 5.82 Å². The van der Waals surface area contributed by atoms with Crippen molar-refractivity contribution in [1.82, 2.24) is 14.3 Å². The van der Waals surface area contributed by atoms with Gasteiger partial charge in [-0.25, -0.2) is 4.79 Å². The second-order valence-electron chi connectivity index (χ2n) is 4.19. The largest absolute Gasteiger partial charge is 0.416 e. The van der Waals surface area contributed by atoms with Gasteiger partial charge in [-0.05, 0) is 25.1 Å². The monoisotopic (exact) mass is 283 g/mol. The summed E-state index contributed by atoms with van der Waals surface area (Å²) in [5.41, 5.74) is -1.24. The molecule has 1 aromatic carbocycles. The standard InChI is InChI=1S/C13H12F3N3O/c1-3-7-18-9(2)17-19(12(18)20)11-6-4-5-10(8-11)13(14,15)16/h3-6,8H,1,7H2,2H3. The fourth-order valence-corrected chi connectivity index (χ4v) is 1.82. The molecule has 0 saturated carbocycles. The second kappa shape index (κ2) is 4.99. The van der Waals surface area contributed by atoms with Gasteiger partial charge in [-0.2, -0.15) is 23.0 Å². The van der Waals surface area contributed by atoms with Gasteiger partial charge in [-0.15, -0.1) is 6.58 Å². The van der Waals surface area contributed by atoms with E-state index in [1.165, 1.54) is 22.8 Å². The highest BCUT2D eigenvalue weighted by Crippen LogP contribution is 2.29. The minimum atomic E-state index is -4.46. The van der Waals surface area contributed by atoms with Gasteiger partial charge in [0.05, 0.1) is 11.3 Å². The van der Waals surface area contributed by atoms with E-state index in [9.17, 15) is 18.0 Å². The molecule has 0 aliphatic carbocycles. The first-order chi connectivity index (χ1) is 9.34. The van der Waals surface area contributed by atoms with Crippen molar-refractivity contribution in [2.24, 2.45) is 0 Å². The molecular formula is C13H12F3N3O. The van der Waals surface area contributed by atoms with Crippen LogP contribution in [0, 0.1) is 6.92 Å². The molecule has 0 spiro atoms. The Bertz CT molecular complexity index is 698. The molecule has 0 unspecified atom stereocenters. The summed E-state index contributed by atoms with van der Waals surface area (Å²) in [5.74, 6) is 0.410. The maximum Gasteiger partial charge on any atom is 0.416 e. The molecule has 0 bridgehead atoms. The SMILES string of the molecule is C=CCn1c(C)nn(-c2cccc(C(F)(F)F)c2)c1=O. The van der Waals surface area contributed by atoms with Crippen LogP contribution in [0.1, 0.15) is 11.4 Å². The van der Waals surface area contributed by atoms with Gasteiger partial charge in [0.1, 0.15) is 5.82 Å². The third kappa shape index (κ3) is 2.52. The number of benzene rings is 1. The molecule has 0 fully saturated rings. The summed E-state index contributed by atoms with van der Waals surface area (Å²) >= 11 is 0. The van der Waals surface area contributed by atoms with E-state index >= 15 is 0 Å². The van der Waals surface area contributed by atoms with Crippen LogP contribution in [0.15, 0.2) is 41.7 Å². The van der Waals surface area contributed by atoms with Crippen molar-refractivity contribution in [1.29, 1.82) is 0 Å². The Kier molecular flexibility index (Phi) is 3.52. The van der Waals surface area contributed by atoms with Crippen molar-refractivity contribution in [2.45, 2.75) is 19.6 Å². The summed E-state index contributed by atoms with van der Waals surface area (Å²) in [6.45, 7) is 5.38. The molecule has 0 aliphatic rings. The van der Waals surface area contributed by atoms with E-state index in [4.69, 9.17) is 0 Å². The van der Waals surface area contributed by atoms with Gasteiger partial charge in [0.25, 0.3) is 0 Å². The van der Waals surface area contributed by atoms with Crippen molar-refractivity contribution < 1.29 is 13.2 Å². The fraction of sp³-hybridized carbons (Fsp3) is 0.231. The molecule has 0 aliphatic heterocycles. The minimum absolute atomic E-state index is 0.0794. The van der Waals surface area contributed by atoms with Gasteiger partial charge >= 0.3 is 11.9 Å². The lowest BCUT2D eigenvalue weighted by Crippen LogP contribution is -2.24. The number of halogens is 3. The van der Waals surface area contributed by atoms with E-state index in [2.05, 4.69) is 11.7 Å². The summed E-state index contributed by atoms with van der Waals surface area (Å²) in [4.78, 5) is 12.1. The molecule has 0 N–H and O–H groups in total. The number of aryl methyl sites for hydroxylation is 1. The Morgan fingerprint density at radius 2 is 2.10 bits per heavy atom. The van der Waals surface area contributed by atoms with E-state index in [0.717, 1.165) is 16.8 Å². The molecule has 2 aromatic rings. The topological polar surface area (TPSA) is 39.8 Å². The van der Waals surface area contributed by atoms with Crippen LogP contribution in [0.5, 0.6) is 0 Å². The Hall–Kier alpha value is -2.31. The molecule has 1 aromatic heterocycles. The molecule has 0 radical (unpaired) electrons. The Morgan fingerprint density at radius 3 is 2.70 bits per heavy atom. The summed E-state index contributed by atoms with van der Waals surface area (Å²) in [7, 11) is 0. The van der Waals surface area contributed by atoms with Crippen molar-refractivity contribution in [3.63, 3.8) is 0 Å². The summed E-state index contributed by atoms with van der Waals surface area (Å²) in [6, 6.07) is 4.49. The molecule has 2 rings (SSSR count). The zero-order valence-electron chi connectivity index (χ0n) is 10.7. The first-order valence-corrected chi connectivity index (χ1v) is 5.79. The normalized spacial score (nSPS) is 11.6. The highest BCUT2D eigenvalue weighted by molar-refractivity contribution is 5.36. The lowest BCUT2D eigenvalue weighted by molar-refractivity contribution is -0.137. The Balaban J connectivity index is 2.55. The molecule has 0 saturated heterocycles. The molecule has 20 heavy (non-hydrogen) atoms. The summed E-state index contributed by atoms with van der Waals surface area (Å²) < 4.78 is 40.3. The van der Waals surface area contributed by atoms with Crippen LogP contribution in [0.25, 0.3) is 5.69 Å². The number of nitrogens with zero attached hydrogens (tertiary/aromatic N) is 3. The molecule has 0 amide bonds. The van der Waals surface area contributed by atoms with E-state index in [-0.39, 0.29) is 12.2 Å². The average Bonchev–Trinajstić information content (AvgIpc) is 2.66. The van der Waals surface area contributed by atoms with Crippen molar-refractivity contribution in [3.8, 4) is 5.69 Å². The number of alkyl halides is 3. The van der Waals surface area contributed by atoms with Crippen molar-refractivity contribution in [3.05, 3.63) is 58.8 Å².